The Kier molecular flexibility index (Phi) is 4.46. The maximum Gasteiger partial charge on any atom is 0.311 e. The van der Waals surface area contributed by atoms with E-state index < -0.39 is 4.92 Å². The normalized spacial score (nSPS) is 10.2. The molecule has 0 bridgehead atoms. The van der Waals surface area contributed by atoms with E-state index in [0.29, 0.717) is 16.5 Å². The topological polar surface area (TPSA) is 61.6 Å². The maximum absolute atomic E-state index is 10.8. The number of nitrogens with zero attached hydrogens (tertiary/aromatic N) is 1. The average Bonchev–Trinajstić information content (AvgIpc) is 2.41. The third-order valence-electron chi connectivity index (χ3n) is 2.47. The molecule has 0 saturated heterocycles. The Bertz CT molecular complexity index is 663. The van der Waals surface area contributed by atoms with Crippen molar-refractivity contribution in [2.45, 2.75) is 0 Å². The van der Waals surface area contributed by atoms with Crippen LogP contribution in [-0.4, -0.2) is 12.0 Å². The predicted octanol–water partition coefficient (Wildman–Crippen LogP) is 4.81. The predicted molar refractivity (Wildman–Crippen MR) is 78.9 cm³/mol. The summed E-state index contributed by atoms with van der Waals surface area (Å²) < 4.78 is 11.4. The first-order chi connectivity index (χ1) is 9.51. The monoisotopic (exact) mass is 357 g/mol. The number of nitro groups is 1. The summed E-state index contributed by atoms with van der Waals surface area (Å²) in [5, 5.41) is 11.2. The van der Waals surface area contributed by atoms with E-state index in [1.807, 2.05) is 0 Å². The molecule has 2 aromatic rings. The lowest BCUT2D eigenvalue weighted by Gasteiger charge is -2.09. The minimum absolute atomic E-state index is 0.123. The Morgan fingerprint density at radius 2 is 1.95 bits per heavy atom. The summed E-state index contributed by atoms with van der Waals surface area (Å²) in [7, 11) is 1.36. The molecule has 0 atom stereocenters. The Morgan fingerprint density at radius 1 is 1.20 bits per heavy atom. The van der Waals surface area contributed by atoms with E-state index in [0.717, 1.165) is 4.47 Å². The fourth-order valence-corrected chi connectivity index (χ4v) is 2.27. The Morgan fingerprint density at radius 3 is 2.55 bits per heavy atom. The molecule has 0 aliphatic rings. The molecule has 7 heteroatoms. The fraction of sp³-hybridized carbons (Fsp3) is 0.0769. The van der Waals surface area contributed by atoms with Crippen molar-refractivity contribution < 1.29 is 14.4 Å². The molecule has 0 spiro atoms. The Balaban J connectivity index is 2.32. The lowest BCUT2D eigenvalue weighted by Crippen LogP contribution is -1.94. The highest BCUT2D eigenvalue weighted by atomic mass is 79.9. The zero-order valence-corrected chi connectivity index (χ0v) is 12.6. The molecule has 0 saturated carbocycles. The van der Waals surface area contributed by atoms with E-state index in [9.17, 15) is 10.1 Å². The highest BCUT2D eigenvalue weighted by Crippen LogP contribution is 2.36. The fourth-order valence-electron chi connectivity index (χ4n) is 1.56. The molecule has 0 unspecified atom stereocenters. The van der Waals surface area contributed by atoms with Gasteiger partial charge in [0.2, 0.25) is 5.75 Å². The third-order valence-corrected chi connectivity index (χ3v) is 3.26. The van der Waals surface area contributed by atoms with E-state index in [1.54, 1.807) is 18.2 Å². The molecule has 0 radical (unpaired) electrons. The summed E-state index contributed by atoms with van der Waals surface area (Å²) in [5.74, 6) is 0.975. The number of rotatable bonds is 4. The van der Waals surface area contributed by atoms with Crippen molar-refractivity contribution in [3.63, 3.8) is 0 Å². The van der Waals surface area contributed by atoms with Gasteiger partial charge in [0.05, 0.1) is 17.1 Å². The number of ether oxygens (including phenoxy) is 2. The molecule has 0 aliphatic carbocycles. The summed E-state index contributed by atoms with van der Waals surface area (Å²) >= 11 is 9.34. The van der Waals surface area contributed by atoms with Crippen molar-refractivity contribution in [1.29, 1.82) is 0 Å². The lowest BCUT2D eigenvalue weighted by molar-refractivity contribution is -0.385. The largest absolute Gasteiger partial charge is 0.490 e. The Hall–Kier alpha value is -1.79. The highest BCUT2D eigenvalue weighted by molar-refractivity contribution is 9.10. The lowest BCUT2D eigenvalue weighted by atomic mass is 10.2. The molecule has 20 heavy (non-hydrogen) atoms. The molecule has 0 amide bonds. The number of hydrogen-bond acceptors (Lipinski definition) is 4. The van der Waals surface area contributed by atoms with Crippen LogP contribution >= 0.6 is 27.5 Å². The van der Waals surface area contributed by atoms with E-state index >= 15 is 0 Å². The summed E-state index contributed by atoms with van der Waals surface area (Å²) in [5.41, 5.74) is -0.123. The second kappa shape index (κ2) is 6.11. The van der Waals surface area contributed by atoms with Crippen LogP contribution in [0.15, 0.2) is 40.9 Å². The smallest absolute Gasteiger partial charge is 0.311 e. The van der Waals surface area contributed by atoms with Gasteiger partial charge in [0.15, 0.2) is 0 Å². The summed E-state index contributed by atoms with van der Waals surface area (Å²) in [4.78, 5) is 10.3. The molecule has 2 rings (SSSR count). The van der Waals surface area contributed by atoms with Gasteiger partial charge in [0.1, 0.15) is 11.5 Å². The summed E-state index contributed by atoms with van der Waals surface area (Å²) in [6, 6.07) is 9.42. The highest BCUT2D eigenvalue weighted by Gasteiger charge is 2.16. The quantitative estimate of drug-likeness (QED) is 0.581. The van der Waals surface area contributed by atoms with Crippen LogP contribution in [0, 0.1) is 10.1 Å². The molecule has 2 aromatic carbocycles. The minimum Gasteiger partial charge on any atom is -0.490 e. The second-order valence-electron chi connectivity index (χ2n) is 3.77. The van der Waals surface area contributed by atoms with Gasteiger partial charge >= 0.3 is 5.69 Å². The standard InChI is InChI=1S/C13H9BrClNO4/c1-19-13-7-9(3-4-11(13)16(17)18)20-12-5-2-8(14)6-10(12)15/h2-7H,1H3. The molecular weight excluding hydrogens is 350 g/mol. The zero-order chi connectivity index (χ0) is 14.7. The van der Waals surface area contributed by atoms with Crippen LogP contribution in [0.25, 0.3) is 0 Å². The molecule has 0 heterocycles. The third kappa shape index (κ3) is 3.20. The van der Waals surface area contributed by atoms with Gasteiger partial charge in [-0.2, -0.15) is 0 Å². The van der Waals surface area contributed by atoms with Crippen LogP contribution in [0.2, 0.25) is 5.02 Å². The van der Waals surface area contributed by atoms with E-state index in [2.05, 4.69) is 15.9 Å². The van der Waals surface area contributed by atoms with Crippen LogP contribution in [0.3, 0.4) is 0 Å². The summed E-state index contributed by atoms with van der Waals surface area (Å²) in [6.45, 7) is 0. The van der Waals surface area contributed by atoms with Crippen LogP contribution in [0.4, 0.5) is 5.69 Å². The number of benzene rings is 2. The van der Waals surface area contributed by atoms with Gasteiger partial charge in [-0.15, -0.1) is 0 Å². The van der Waals surface area contributed by atoms with Gasteiger partial charge in [-0.05, 0) is 24.3 Å². The molecule has 0 fully saturated rings. The van der Waals surface area contributed by atoms with E-state index in [4.69, 9.17) is 21.1 Å². The Labute approximate surface area is 128 Å². The van der Waals surface area contributed by atoms with Gasteiger partial charge < -0.3 is 9.47 Å². The molecular formula is C13H9BrClNO4. The van der Waals surface area contributed by atoms with Crippen molar-refractivity contribution in [2.75, 3.05) is 7.11 Å². The number of halogens is 2. The van der Waals surface area contributed by atoms with Crippen molar-refractivity contribution >= 4 is 33.2 Å². The number of hydrogen-bond donors (Lipinski definition) is 0. The summed E-state index contributed by atoms with van der Waals surface area (Å²) in [6.07, 6.45) is 0. The average molecular weight is 359 g/mol. The van der Waals surface area contributed by atoms with Gasteiger partial charge in [-0.3, -0.25) is 10.1 Å². The molecule has 5 nitrogen and oxygen atoms in total. The SMILES string of the molecule is COc1cc(Oc2ccc(Br)cc2Cl)ccc1[N+](=O)[O-]. The van der Waals surface area contributed by atoms with Crippen molar-refractivity contribution in [3.8, 4) is 17.2 Å². The molecule has 0 aliphatic heterocycles. The first-order valence-corrected chi connectivity index (χ1v) is 6.63. The van der Waals surface area contributed by atoms with Crippen LogP contribution < -0.4 is 9.47 Å². The van der Waals surface area contributed by atoms with Gasteiger partial charge in [-0.1, -0.05) is 27.5 Å². The van der Waals surface area contributed by atoms with Gasteiger partial charge in [0, 0.05) is 16.6 Å². The van der Waals surface area contributed by atoms with Gasteiger partial charge in [0.25, 0.3) is 0 Å². The van der Waals surface area contributed by atoms with Crippen LogP contribution in [0.1, 0.15) is 0 Å². The van der Waals surface area contributed by atoms with Crippen LogP contribution in [-0.2, 0) is 0 Å². The number of nitro benzene ring substituents is 1. The zero-order valence-electron chi connectivity index (χ0n) is 10.3. The molecule has 0 N–H and O–H groups in total. The minimum atomic E-state index is -0.519. The first kappa shape index (κ1) is 14.6. The second-order valence-corrected chi connectivity index (χ2v) is 5.09. The first-order valence-electron chi connectivity index (χ1n) is 5.46. The maximum atomic E-state index is 10.8. The van der Waals surface area contributed by atoms with Crippen molar-refractivity contribution in [1.82, 2.24) is 0 Å². The van der Waals surface area contributed by atoms with Crippen molar-refractivity contribution in [3.05, 3.63) is 56.0 Å². The van der Waals surface area contributed by atoms with Gasteiger partial charge in [-0.25, -0.2) is 0 Å². The van der Waals surface area contributed by atoms with E-state index in [1.165, 1.54) is 25.3 Å². The number of methoxy groups -OCH3 is 1. The van der Waals surface area contributed by atoms with Crippen molar-refractivity contribution in [2.24, 2.45) is 0 Å². The molecule has 0 aromatic heterocycles. The van der Waals surface area contributed by atoms with E-state index in [-0.39, 0.29) is 11.4 Å². The molecule has 104 valence electrons. The van der Waals surface area contributed by atoms with Crippen LogP contribution in [0.5, 0.6) is 17.2 Å².